The second-order valence-electron chi connectivity index (χ2n) is 2.44. The first kappa shape index (κ1) is 8.93. The molecule has 1 heterocycles. The molecular weight excluding hydrogens is 174 g/mol. The van der Waals surface area contributed by atoms with Gasteiger partial charge in [-0.3, -0.25) is 9.59 Å². The Morgan fingerprint density at radius 3 is 2.58 bits per heavy atom. The van der Waals surface area contributed by atoms with Gasteiger partial charge < -0.3 is 5.32 Å². The van der Waals surface area contributed by atoms with Crippen molar-refractivity contribution in [3.63, 3.8) is 0 Å². The molecule has 0 radical (unpaired) electrons. The molecule has 1 rings (SSSR count). The maximum Gasteiger partial charge on any atom is 0.292 e. The van der Waals surface area contributed by atoms with Gasteiger partial charge in [0.25, 0.3) is 5.91 Å². The summed E-state index contributed by atoms with van der Waals surface area (Å²) in [6, 6.07) is 1.89. The summed E-state index contributed by atoms with van der Waals surface area (Å²) in [6.07, 6.45) is 0. The van der Waals surface area contributed by atoms with E-state index in [0.717, 1.165) is 10.6 Å². The van der Waals surface area contributed by atoms with E-state index in [4.69, 9.17) is 0 Å². The van der Waals surface area contributed by atoms with Gasteiger partial charge in [0.2, 0.25) is 5.78 Å². The van der Waals surface area contributed by atoms with Crippen LogP contribution in [0.25, 0.3) is 0 Å². The molecule has 1 aromatic heterocycles. The van der Waals surface area contributed by atoms with E-state index in [0.29, 0.717) is 0 Å². The Morgan fingerprint density at radius 1 is 1.50 bits per heavy atom. The van der Waals surface area contributed by atoms with Gasteiger partial charge in [0.05, 0.1) is 5.00 Å². The highest BCUT2D eigenvalue weighted by Crippen LogP contribution is 2.21. The smallest absolute Gasteiger partial charge is 0.292 e. The van der Waals surface area contributed by atoms with Crippen LogP contribution in [0.3, 0.4) is 0 Å². The van der Waals surface area contributed by atoms with E-state index >= 15 is 0 Å². The molecule has 64 valence electrons. The minimum Gasteiger partial charge on any atom is -0.311 e. The summed E-state index contributed by atoms with van der Waals surface area (Å²) in [5, 5.41) is 5.13. The van der Waals surface area contributed by atoms with Crippen molar-refractivity contribution in [2.45, 2.75) is 13.8 Å². The fourth-order valence-corrected chi connectivity index (χ4v) is 1.51. The minimum absolute atomic E-state index is 0.470. The number of amides is 1. The summed E-state index contributed by atoms with van der Waals surface area (Å²) in [6.45, 7) is 3.13. The number of ketones is 1. The normalized spacial score (nSPS) is 9.50. The fourth-order valence-electron chi connectivity index (χ4n) is 0.692. The molecule has 0 aliphatic rings. The molecular formula is C8H9NO2S. The zero-order valence-corrected chi connectivity index (χ0v) is 7.70. The third-order valence-electron chi connectivity index (χ3n) is 1.41. The maximum atomic E-state index is 10.9. The molecule has 0 saturated heterocycles. The molecule has 0 aliphatic heterocycles. The van der Waals surface area contributed by atoms with Crippen molar-refractivity contribution in [3.05, 3.63) is 17.0 Å². The van der Waals surface area contributed by atoms with Crippen LogP contribution in [0.1, 0.15) is 12.5 Å². The monoisotopic (exact) mass is 183 g/mol. The number of aryl methyl sites for hydroxylation is 1. The van der Waals surface area contributed by atoms with Gasteiger partial charge in [-0.05, 0) is 23.9 Å². The number of carbonyl (C=O) groups is 2. The summed E-state index contributed by atoms with van der Waals surface area (Å²) in [7, 11) is 0. The molecule has 1 amide bonds. The lowest BCUT2D eigenvalue weighted by molar-refractivity contribution is -0.133. The minimum atomic E-state index is -0.555. The largest absolute Gasteiger partial charge is 0.311 e. The lowest BCUT2D eigenvalue weighted by Crippen LogP contribution is -2.19. The third-order valence-corrected chi connectivity index (χ3v) is 2.34. The number of Topliss-reactive ketones (excluding diaryl/α,β-unsaturated/α-hetero) is 1. The van der Waals surface area contributed by atoms with Crippen LogP contribution in [0, 0.1) is 6.92 Å². The van der Waals surface area contributed by atoms with Gasteiger partial charge in [0.15, 0.2) is 0 Å². The van der Waals surface area contributed by atoms with Crippen LogP contribution in [0.4, 0.5) is 5.00 Å². The van der Waals surface area contributed by atoms with Gasteiger partial charge in [0.1, 0.15) is 0 Å². The van der Waals surface area contributed by atoms with Crippen molar-refractivity contribution < 1.29 is 9.59 Å². The van der Waals surface area contributed by atoms with Crippen molar-refractivity contribution in [2.75, 3.05) is 5.32 Å². The molecule has 0 aliphatic carbocycles. The van der Waals surface area contributed by atoms with Gasteiger partial charge in [-0.2, -0.15) is 0 Å². The predicted molar refractivity (Wildman–Crippen MR) is 48.4 cm³/mol. The van der Waals surface area contributed by atoms with E-state index in [1.54, 1.807) is 0 Å². The third kappa shape index (κ3) is 1.92. The highest BCUT2D eigenvalue weighted by molar-refractivity contribution is 7.14. The number of nitrogens with one attached hydrogen (secondary N) is 1. The SMILES string of the molecule is CC(=O)C(=O)Nc1sccc1C. The molecule has 0 fully saturated rings. The van der Waals surface area contributed by atoms with Gasteiger partial charge >= 0.3 is 0 Å². The average Bonchev–Trinajstić information content (AvgIpc) is 2.36. The Morgan fingerprint density at radius 2 is 2.17 bits per heavy atom. The number of rotatable bonds is 2. The molecule has 3 nitrogen and oxygen atoms in total. The van der Waals surface area contributed by atoms with Crippen LogP contribution in [-0.2, 0) is 9.59 Å². The molecule has 0 saturated carbocycles. The number of thiophene rings is 1. The van der Waals surface area contributed by atoms with E-state index in [-0.39, 0.29) is 0 Å². The van der Waals surface area contributed by atoms with Crippen LogP contribution in [0.2, 0.25) is 0 Å². The van der Waals surface area contributed by atoms with Crippen molar-refractivity contribution in [2.24, 2.45) is 0 Å². The number of carbonyl (C=O) groups excluding carboxylic acids is 2. The first-order valence-corrected chi connectivity index (χ1v) is 4.35. The summed E-state index contributed by atoms with van der Waals surface area (Å²) in [5.74, 6) is -1.02. The molecule has 0 atom stereocenters. The molecule has 1 N–H and O–H groups in total. The van der Waals surface area contributed by atoms with Crippen molar-refractivity contribution >= 4 is 28.0 Å². The zero-order valence-electron chi connectivity index (χ0n) is 6.88. The van der Waals surface area contributed by atoms with Gasteiger partial charge in [-0.1, -0.05) is 0 Å². The standard InChI is InChI=1S/C8H9NO2S/c1-5-3-4-12-8(5)9-7(11)6(2)10/h3-4H,1-2H3,(H,9,11). The topological polar surface area (TPSA) is 46.2 Å². The lowest BCUT2D eigenvalue weighted by Gasteiger charge is -1.99. The van der Waals surface area contributed by atoms with Crippen LogP contribution in [0.5, 0.6) is 0 Å². The second-order valence-corrected chi connectivity index (χ2v) is 3.36. The van der Waals surface area contributed by atoms with E-state index < -0.39 is 11.7 Å². The Kier molecular flexibility index (Phi) is 2.60. The van der Waals surface area contributed by atoms with Crippen LogP contribution in [-0.4, -0.2) is 11.7 Å². The summed E-state index contributed by atoms with van der Waals surface area (Å²) >= 11 is 1.41. The lowest BCUT2D eigenvalue weighted by atomic mass is 10.3. The Hall–Kier alpha value is -1.16. The average molecular weight is 183 g/mol. The molecule has 0 bridgehead atoms. The Labute approximate surface area is 74.4 Å². The van der Waals surface area contributed by atoms with E-state index in [2.05, 4.69) is 5.32 Å². The van der Waals surface area contributed by atoms with Crippen molar-refractivity contribution in [1.82, 2.24) is 0 Å². The maximum absolute atomic E-state index is 10.9. The van der Waals surface area contributed by atoms with Crippen LogP contribution >= 0.6 is 11.3 Å². The molecule has 0 spiro atoms. The number of anilines is 1. The highest BCUT2D eigenvalue weighted by atomic mass is 32.1. The first-order chi connectivity index (χ1) is 5.61. The molecule has 0 unspecified atom stereocenters. The summed E-state index contributed by atoms with van der Waals surface area (Å²) < 4.78 is 0. The first-order valence-electron chi connectivity index (χ1n) is 3.47. The second kappa shape index (κ2) is 3.49. The van der Waals surface area contributed by atoms with Crippen LogP contribution in [0.15, 0.2) is 11.4 Å². The Bertz CT molecular complexity index is 317. The van der Waals surface area contributed by atoms with Gasteiger partial charge in [0, 0.05) is 6.92 Å². The van der Waals surface area contributed by atoms with Crippen molar-refractivity contribution in [3.8, 4) is 0 Å². The number of hydrogen-bond acceptors (Lipinski definition) is 3. The molecule has 12 heavy (non-hydrogen) atoms. The summed E-state index contributed by atoms with van der Waals surface area (Å²) in [4.78, 5) is 21.5. The van der Waals surface area contributed by atoms with E-state index in [1.165, 1.54) is 18.3 Å². The number of hydrogen-bond donors (Lipinski definition) is 1. The van der Waals surface area contributed by atoms with E-state index in [9.17, 15) is 9.59 Å². The van der Waals surface area contributed by atoms with Crippen LogP contribution < -0.4 is 5.32 Å². The van der Waals surface area contributed by atoms with Gasteiger partial charge in [-0.15, -0.1) is 11.3 Å². The Balaban J connectivity index is 2.71. The molecule has 1 aromatic rings. The quantitative estimate of drug-likeness (QED) is 0.707. The predicted octanol–water partition coefficient (Wildman–Crippen LogP) is 1.58. The summed E-state index contributed by atoms with van der Waals surface area (Å²) in [5.41, 5.74) is 0.981. The van der Waals surface area contributed by atoms with E-state index in [1.807, 2.05) is 18.4 Å². The van der Waals surface area contributed by atoms with Gasteiger partial charge in [-0.25, -0.2) is 0 Å². The van der Waals surface area contributed by atoms with Crippen molar-refractivity contribution in [1.29, 1.82) is 0 Å². The zero-order chi connectivity index (χ0) is 9.14. The molecule has 0 aromatic carbocycles. The highest BCUT2D eigenvalue weighted by Gasteiger charge is 2.09. The fraction of sp³-hybridized carbons (Fsp3) is 0.250. The molecule has 4 heteroatoms.